The van der Waals surface area contributed by atoms with E-state index in [0.717, 1.165) is 6.07 Å². The lowest BCUT2D eigenvalue weighted by Crippen LogP contribution is -2.14. The molecule has 0 aliphatic heterocycles. The number of rotatable bonds is 2. The first-order valence-corrected chi connectivity index (χ1v) is 5.98. The van der Waals surface area contributed by atoms with E-state index in [2.05, 4.69) is 20.4 Å². The molecule has 0 aliphatic carbocycles. The molecule has 5 nitrogen and oxygen atoms in total. The Kier molecular flexibility index (Phi) is 3.59. The van der Waals surface area contributed by atoms with Gasteiger partial charge in [0.15, 0.2) is 11.5 Å². The smallest absolute Gasteiger partial charge is 0.357 e. The Morgan fingerprint density at radius 2 is 1.90 bits per heavy atom. The van der Waals surface area contributed by atoms with Crippen LogP contribution in [0, 0.1) is 13.8 Å². The number of aryl methyl sites for hydroxylation is 1. The molecule has 2 heterocycles. The molecule has 2 aromatic rings. The fourth-order valence-corrected chi connectivity index (χ4v) is 1.76. The van der Waals surface area contributed by atoms with Crippen molar-refractivity contribution in [3.8, 4) is 5.82 Å². The third kappa shape index (κ3) is 2.55. The molecule has 0 aromatic carbocycles. The predicted octanol–water partition coefficient (Wildman–Crippen LogP) is 2.99. The Hall–Kier alpha value is -1.83. The van der Waals surface area contributed by atoms with Crippen molar-refractivity contribution in [1.29, 1.82) is 0 Å². The highest BCUT2D eigenvalue weighted by molar-refractivity contribution is 6.31. The molecule has 0 fully saturated rings. The molecule has 0 saturated carbocycles. The molecule has 2 rings (SSSR count). The van der Waals surface area contributed by atoms with Crippen molar-refractivity contribution < 1.29 is 13.2 Å². The molecular formula is C11H11ClF3N5. The van der Waals surface area contributed by atoms with Gasteiger partial charge in [-0.25, -0.2) is 9.67 Å². The van der Waals surface area contributed by atoms with Crippen molar-refractivity contribution in [1.82, 2.24) is 19.7 Å². The monoisotopic (exact) mass is 305 g/mol. The largest absolute Gasteiger partial charge is 0.433 e. The maximum absolute atomic E-state index is 12.8. The average molecular weight is 306 g/mol. The fraction of sp³-hybridized carbons (Fsp3) is 0.364. The van der Waals surface area contributed by atoms with Gasteiger partial charge < -0.3 is 5.32 Å². The van der Waals surface area contributed by atoms with Crippen LogP contribution in [-0.2, 0) is 6.18 Å². The minimum atomic E-state index is -4.57. The topological polar surface area (TPSA) is 55.6 Å². The standard InChI is InChI=1S/C11H11ClF3N5/c1-5-9(12)6(2)20(19-5)8-4-7(11(13,14)15)17-10(16-3)18-8/h4H,1-3H3,(H,16,17,18). The number of anilines is 1. The van der Waals surface area contributed by atoms with Gasteiger partial charge in [0, 0.05) is 13.1 Å². The summed E-state index contributed by atoms with van der Waals surface area (Å²) < 4.78 is 39.7. The number of aromatic nitrogens is 4. The summed E-state index contributed by atoms with van der Waals surface area (Å²) in [5.74, 6) is -0.136. The van der Waals surface area contributed by atoms with Crippen molar-refractivity contribution >= 4 is 17.5 Å². The first kappa shape index (κ1) is 14.6. The van der Waals surface area contributed by atoms with Gasteiger partial charge in [-0.1, -0.05) is 11.6 Å². The molecule has 2 aromatic heterocycles. The minimum absolute atomic E-state index is 0.00387. The van der Waals surface area contributed by atoms with Crippen LogP contribution in [0.4, 0.5) is 19.1 Å². The molecule has 0 unspecified atom stereocenters. The number of nitrogens with one attached hydrogen (secondary N) is 1. The van der Waals surface area contributed by atoms with E-state index < -0.39 is 11.9 Å². The Bertz CT molecular complexity index is 650. The maximum atomic E-state index is 12.8. The van der Waals surface area contributed by atoms with Crippen LogP contribution < -0.4 is 5.32 Å². The van der Waals surface area contributed by atoms with Crippen LogP contribution in [0.25, 0.3) is 5.82 Å². The van der Waals surface area contributed by atoms with Gasteiger partial charge >= 0.3 is 6.18 Å². The van der Waals surface area contributed by atoms with E-state index in [1.807, 2.05) is 0 Å². The summed E-state index contributed by atoms with van der Waals surface area (Å²) in [6.07, 6.45) is -4.57. The van der Waals surface area contributed by atoms with Crippen LogP contribution in [0.15, 0.2) is 6.07 Å². The summed E-state index contributed by atoms with van der Waals surface area (Å²) in [5.41, 5.74) is -0.0177. The summed E-state index contributed by atoms with van der Waals surface area (Å²) >= 11 is 5.99. The number of halogens is 4. The van der Waals surface area contributed by atoms with E-state index in [4.69, 9.17) is 11.6 Å². The van der Waals surface area contributed by atoms with Crippen LogP contribution in [0.3, 0.4) is 0 Å². The Labute approximate surface area is 117 Å². The van der Waals surface area contributed by atoms with Crippen molar-refractivity contribution in [3.05, 3.63) is 28.2 Å². The molecular weight excluding hydrogens is 295 g/mol. The number of hydrogen-bond acceptors (Lipinski definition) is 4. The third-order valence-electron chi connectivity index (χ3n) is 2.65. The quantitative estimate of drug-likeness (QED) is 0.926. The molecule has 0 saturated heterocycles. The van der Waals surface area contributed by atoms with Gasteiger partial charge in [-0.2, -0.15) is 23.3 Å². The first-order valence-electron chi connectivity index (χ1n) is 5.60. The Balaban J connectivity index is 2.64. The highest BCUT2D eigenvalue weighted by Gasteiger charge is 2.34. The van der Waals surface area contributed by atoms with Gasteiger partial charge in [0.1, 0.15) is 0 Å². The second-order valence-corrected chi connectivity index (χ2v) is 4.46. The first-order chi connectivity index (χ1) is 9.24. The van der Waals surface area contributed by atoms with Gasteiger partial charge in [0.25, 0.3) is 0 Å². The summed E-state index contributed by atoms with van der Waals surface area (Å²) in [5, 5.41) is 6.96. The molecule has 1 N–H and O–H groups in total. The van der Waals surface area contributed by atoms with Crippen molar-refractivity contribution in [2.45, 2.75) is 20.0 Å². The van der Waals surface area contributed by atoms with E-state index in [9.17, 15) is 13.2 Å². The molecule has 20 heavy (non-hydrogen) atoms. The number of hydrogen-bond donors (Lipinski definition) is 1. The average Bonchev–Trinajstić information content (AvgIpc) is 2.65. The van der Waals surface area contributed by atoms with E-state index in [1.54, 1.807) is 13.8 Å². The van der Waals surface area contributed by atoms with Crippen molar-refractivity contribution in [2.75, 3.05) is 12.4 Å². The molecule has 0 aliphatic rings. The molecule has 0 atom stereocenters. The minimum Gasteiger partial charge on any atom is -0.357 e. The van der Waals surface area contributed by atoms with E-state index in [0.29, 0.717) is 16.4 Å². The zero-order chi connectivity index (χ0) is 15.1. The highest BCUT2D eigenvalue weighted by atomic mass is 35.5. The van der Waals surface area contributed by atoms with Crippen LogP contribution in [0.1, 0.15) is 17.1 Å². The maximum Gasteiger partial charge on any atom is 0.433 e. The molecule has 0 bridgehead atoms. The van der Waals surface area contributed by atoms with Gasteiger partial charge in [-0.15, -0.1) is 0 Å². The zero-order valence-corrected chi connectivity index (χ0v) is 11.6. The normalized spacial score (nSPS) is 11.8. The van der Waals surface area contributed by atoms with Crippen LogP contribution in [0.5, 0.6) is 0 Å². The predicted molar refractivity (Wildman–Crippen MR) is 68.2 cm³/mol. The lowest BCUT2D eigenvalue weighted by molar-refractivity contribution is -0.141. The zero-order valence-electron chi connectivity index (χ0n) is 10.9. The van der Waals surface area contributed by atoms with Gasteiger partial charge in [0.2, 0.25) is 5.95 Å². The second-order valence-electron chi connectivity index (χ2n) is 4.08. The van der Waals surface area contributed by atoms with Crippen LogP contribution >= 0.6 is 11.6 Å². The molecule has 9 heteroatoms. The summed E-state index contributed by atoms with van der Waals surface area (Å²) in [6, 6.07) is 0.830. The molecule has 0 spiro atoms. The summed E-state index contributed by atoms with van der Waals surface area (Å²) in [4.78, 5) is 7.36. The van der Waals surface area contributed by atoms with Gasteiger partial charge in [-0.05, 0) is 13.8 Å². The molecule has 0 amide bonds. The van der Waals surface area contributed by atoms with E-state index in [-0.39, 0.29) is 11.8 Å². The molecule has 108 valence electrons. The van der Waals surface area contributed by atoms with Crippen molar-refractivity contribution in [3.63, 3.8) is 0 Å². The lowest BCUT2D eigenvalue weighted by Gasteiger charge is -2.10. The Morgan fingerprint density at radius 3 is 2.35 bits per heavy atom. The highest BCUT2D eigenvalue weighted by Crippen LogP contribution is 2.30. The van der Waals surface area contributed by atoms with Gasteiger partial charge in [0.05, 0.1) is 16.4 Å². The lowest BCUT2D eigenvalue weighted by atomic mass is 10.3. The van der Waals surface area contributed by atoms with Crippen LogP contribution in [0.2, 0.25) is 5.02 Å². The number of nitrogens with zero attached hydrogens (tertiary/aromatic N) is 4. The summed E-state index contributed by atoms with van der Waals surface area (Å²) in [7, 11) is 1.44. The van der Waals surface area contributed by atoms with Crippen molar-refractivity contribution in [2.24, 2.45) is 0 Å². The fourth-order valence-electron chi connectivity index (χ4n) is 1.65. The molecule has 0 radical (unpaired) electrons. The Morgan fingerprint density at radius 1 is 1.25 bits per heavy atom. The third-order valence-corrected chi connectivity index (χ3v) is 3.19. The van der Waals surface area contributed by atoms with Gasteiger partial charge in [-0.3, -0.25) is 0 Å². The van der Waals surface area contributed by atoms with E-state index in [1.165, 1.54) is 11.7 Å². The SMILES string of the molecule is CNc1nc(-n2nc(C)c(Cl)c2C)cc(C(F)(F)F)n1. The van der Waals surface area contributed by atoms with E-state index >= 15 is 0 Å². The second kappa shape index (κ2) is 4.93. The van der Waals surface area contributed by atoms with Crippen LogP contribution in [-0.4, -0.2) is 26.8 Å². The number of alkyl halides is 3. The summed E-state index contributed by atoms with van der Waals surface area (Å²) in [6.45, 7) is 3.31.